The molecule has 0 fully saturated rings. The van der Waals surface area contributed by atoms with Crippen molar-refractivity contribution < 1.29 is 9.90 Å². The number of para-hydroxylation sites is 2. The van der Waals surface area contributed by atoms with Gasteiger partial charge in [0.05, 0.1) is 44.9 Å². The molecule has 0 saturated carbocycles. The number of rotatable bonds is 8. The maximum atomic E-state index is 12.4. The van der Waals surface area contributed by atoms with E-state index in [1.54, 1.807) is 12.1 Å². The van der Waals surface area contributed by atoms with Gasteiger partial charge in [-0.3, -0.25) is 0 Å². The number of hydrogen-bond donors (Lipinski definition) is 3. The minimum Gasteiger partial charge on any atom is -0.478 e. The molecule has 0 unspecified atom stereocenters. The number of fused-ring (bicyclic) bond motifs is 20. The summed E-state index contributed by atoms with van der Waals surface area (Å²) in [5, 5.41) is 17.8. The molecule has 0 aliphatic carbocycles. The predicted molar refractivity (Wildman–Crippen MR) is 398 cm³/mol. The highest BCUT2D eigenvalue weighted by Gasteiger charge is 2.30. The van der Waals surface area contributed by atoms with Gasteiger partial charge in [-0.2, -0.15) is 0 Å². The number of aromatic amines is 2. The number of aromatic carboxylic acids is 1. The third-order valence-corrected chi connectivity index (χ3v) is 20.0. The van der Waals surface area contributed by atoms with E-state index in [9.17, 15) is 9.90 Å². The van der Waals surface area contributed by atoms with Gasteiger partial charge in [0.2, 0.25) is 0 Å². The fourth-order valence-electron chi connectivity index (χ4n) is 15.1. The highest BCUT2D eigenvalue weighted by molar-refractivity contribution is 6.39. The van der Waals surface area contributed by atoms with Gasteiger partial charge in [-0.05, 0) is 166 Å². The molecule has 9 nitrogen and oxygen atoms in total. The zero-order valence-corrected chi connectivity index (χ0v) is 57.0. The Kier molecular flexibility index (Phi) is 13.8. The smallest absolute Gasteiger partial charge is 0.335 e. The van der Waals surface area contributed by atoms with Crippen LogP contribution in [-0.4, -0.2) is 44.7 Å². The average Bonchev–Trinajstić information content (AvgIpc) is 1.51. The molecule has 470 valence electrons. The maximum absolute atomic E-state index is 12.4. The minimum atomic E-state index is -0.976. The summed E-state index contributed by atoms with van der Waals surface area (Å²) in [6, 6.07) is 55.4. The topological polar surface area (TPSA) is 109 Å². The SMILES string of the molecule is CCn1c2ccccc2c2c1c1c3ccc(-c4c5nc(c(-c6cc(C(C)(C)C)cc(C(C)(C)C)c6)c6ccc([nH]6)c(-c6ccc(C(=O)O)cc6)c6nc(c(-c7cc(C(C)(C)C)cc(C(C)(C)C)c7)c7ccc4[nH]7)C=C6)C=C5)cc3n(CC)c1c1c3ccccc3n(CC)c21. The highest BCUT2D eigenvalue weighted by atomic mass is 16.4. The lowest BCUT2D eigenvalue weighted by molar-refractivity contribution is 0.0696. The van der Waals surface area contributed by atoms with E-state index < -0.39 is 5.97 Å². The lowest BCUT2D eigenvalue weighted by Gasteiger charge is -2.26. The molecule has 0 spiro atoms. The van der Waals surface area contributed by atoms with Crippen LogP contribution < -0.4 is 0 Å². The van der Waals surface area contributed by atoms with Crippen molar-refractivity contribution in [1.29, 1.82) is 0 Å². The van der Waals surface area contributed by atoms with Crippen LogP contribution in [-0.2, 0) is 41.3 Å². The van der Waals surface area contributed by atoms with Crippen molar-refractivity contribution in [3.63, 3.8) is 0 Å². The van der Waals surface area contributed by atoms with E-state index in [1.165, 1.54) is 87.7 Å². The van der Waals surface area contributed by atoms with Crippen LogP contribution in [0.2, 0.25) is 0 Å². The normalized spacial score (nSPS) is 13.2. The molecule has 8 heterocycles. The quantitative estimate of drug-likeness (QED) is 0.141. The number of hydrogen-bond acceptors (Lipinski definition) is 3. The molecule has 9 heteroatoms. The molecule has 0 saturated heterocycles. The molecule has 3 N–H and O–H groups in total. The Hall–Kier alpha value is -9.99. The number of nitrogens with one attached hydrogen (secondary N) is 2. The van der Waals surface area contributed by atoms with Crippen LogP contribution in [0.5, 0.6) is 0 Å². The van der Waals surface area contributed by atoms with Crippen LogP contribution in [0.25, 0.3) is 156 Å². The number of nitrogens with zero attached hydrogens (tertiary/aromatic N) is 5. The van der Waals surface area contributed by atoms with Crippen molar-refractivity contribution in [2.75, 3.05) is 0 Å². The maximum Gasteiger partial charge on any atom is 0.335 e. The van der Waals surface area contributed by atoms with Crippen LogP contribution in [0, 0.1) is 0 Å². The summed E-state index contributed by atoms with van der Waals surface area (Å²) in [5.41, 5.74) is 26.7. The van der Waals surface area contributed by atoms with Gasteiger partial charge in [-0.1, -0.05) is 180 Å². The molecule has 6 aromatic heterocycles. The first-order valence-corrected chi connectivity index (χ1v) is 33.6. The Bertz CT molecular complexity index is 5480. The van der Waals surface area contributed by atoms with Gasteiger partial charge in [-0.25, -0.2) is 14.8 Å². The van der Waals surface area contributed by atoms with E-state index >= 15 is 0 Å². The van der Waals surface area contributed by atoms with Crippen LogP contribution in [0.3, 0.4) is 0 Å². The molecule has 0 radical (unpaired) electrons. The van der Waals surface area contributed by atoms with E-state index in [1.807, 2.05) is 12.1 Å². The zero-order chi connectivity index (χ0) is 65.8. The molecule has 2 aliphatic rings. The van der Waals surface area contributed by atoms with E-state index in [0.29, 0.717) is 0 Å². The van der Waals surface area contributed by atoms with Crippen LogP contribution in [0.15, 0.2) is 152 Å². The molecule has 13 aromatic rings. The van der Waals surface area contributed by atoms with Crippen molar-refractivity contribution in [3.8, 4) is 44.5 Å². The molecule has 15 rings (SSSR count). The fourth-order valence-corrected chi connectivity index (χ4v) is 15.1. The van der Waals surface area contributed by atoms with E-state index in [0.717, 1.165) is 109 Å². The number of carboxylic acid groups (broad SMARTS) is 1. The molecule has 0 amide bonds. The van der Waals surface area contributed by atoms with Crippen molar-refractivity contribution in [3.05, 3.63) is 202 Å². The van der Waals surface area contributed by atoms with Crippen LogP contribution >= 0.6 is 0 Å². The van der Waals surface area contributed by atoms with Gasteiger partial charge >= 0.3 is 5.97 Å². The minimum absolute atomic E-state index is 0.160. The second kappa shape index (κ2) is 21.5. The largest absolute Gasteiger partial charge is 0.478 e. The summed E-state index contributed by atoms with van der Waals surface area (Å²) in [7, 11) is 0. The third-order valence-electron chi connectivity index (χ3n) is 20.0. The number of carbonyl (C=O) groups is 1. The van der Waals surface area contributed by atoms with E-state index in [2.05, 4.69) is 279 Å². The second-order valence-corrected chi connectivity index (χ2v) is 30.2. The van der Waals surface area contributed by atoms with Crippen LogP contribution in [0.1, 0.15) is 159 Å². The third kappa shape index (κ3) is 9.58. The monoisotopic (exact) mass is 1230 g/mol. The van der Waals surface area contributed by atoms with E-state index in [4.69, 9.17) is 9.97 Å². The second-order valence-electron chi connectivity index (χ2n) is 30.2. The first-order valence-electron chi connectivity index (χ1n) is 33.6. The van der Waals surface area contributed by atoms with Crippen LogP contribution in [0.4, 0.5) is 0 Å². The molecule has 2 aliphatic heterocycles. The molecule has 8 bridgehead atoms. The van der Waals surface area contributed by atoms with Crippen molar-refractivity contribution in [2.45, 2.75) is 145 Å². The van der Waals surface area contributed by atoms with Gasteiger partial charge in [-0.15, -0.1) is 0 Å². The summed E-state index contributed by atoms with van der Waals surface area (Å²) in [4.78, 5) is 32.1. The molecule has 0 atom stereocenters. The fraction of sp³-hybridized carbons (Fsp3) is 0.259. The van der Waals surface area contributed by atoms with Crippen molar-refractivity contribution in [2.24, 2.45) is 0 Å². The van der Waals surface area contributed by atoms with Gasteiger partial charge < -0.3 is 28.8 Å². The van der Waals surface area contributed by atoms with Crippen molar-refractivity contribution in [1.82, 2.24) is 33.6 Å². The molecule has 7 aromatic carbocycles. The predicted octanol–water partition coefficient (Wildman–Crippen LogP) is 22.6. The lowest BCUT2D eigenvalue weighted by atomic mass is 9.78. The van der Waals surface area contributed by atoms with Gasteiger partial charge in [0.1, 0.15) is 0 Å². The zero-order valence-electron chi connectivity index (χ0n) is 57.0. The standard InChI is InChI=1S/C85H83N7O2/c1-16-90-69-26-22-20-24-58(69)76-78(90)75-57-23-19-21-25-68(57)91(17-2)79(75)77-59-32-31-50(45-70(59)92(18-3)80(76)77)72-62-35-39-66(88-62)73(51-41-53(82(4,5)6)46-54(42-51)83(7,8)9)64-37-33-60(86-64)71(48-27-29-49(30-28-48)81(93)94)61-34-38-65(87-61)74(67-40-36-63(72)89-67)52-43-55(84(10,11)12)47-56(44-52)85(13,14)15/h19-47,86,89H,16-18H2,1-15H3,(H,93,94). The lowest BCUT2D eigenvalue weighted by Crippen LogP contribution is -2.16. The number of aromatic nitrogens is 7. The molecule has 94 heavy (non-hydrogen) atoms. The summed E-state index contributed by atoms with van der Waals surface area (Å²) < 4.78 is 7.71. The van der Waals surface area contributed by atoms with Gasteiger partial charge in [0, 0.05) is 113 Å². The summed E-state index contributed by atoms with van der Waals surface area (Å²) in [5.74, 6) is -0.976. The Morgan fingerprint density at radius 3 is 1.04 bits per heavy atom. The first kappa shape index (κ1) is 60.3. The van der Waals surface area contributed by atoms with Crippen molar-refractivity contribution >= 4 is 118 Å². The van der Waals surface area contributed by atoms with Gasteiger partial charge in [0.25, 0.3) is 0 Å². The number of H-pyrrole nitrogens is 2. The summed E-state index contributed by atoms with van der Waals surface area (Å²) in [6.45, 7) is 36.8. The summed E-state index contributed by atoms with van der Waals surface area (Å²) in [6.07, 6.45) is 8.70. The molecular formula is C85H83N7O2. The number of aryl methyl sites for hydroxylation is 3. The Labute approximate surface area is 550 Å². The Morgan fingerprint density at radius 1 is 0.372 bits per heavy atom. The van der Waals surface area contributed by atoms with Gasteiger partial charge in [0.15, 0.2) is 0 Å². The number of benzene rings is 7. The first-order chi connectivity index (χ1) is 44.8. The van der Waals surface area contributed by atoms with E-state index in [-0.39, 0.29) is 27.2 Å². The Balaban J connectivity index is 1.12. The number of carboxylic acids is 1. The highest BCUT2D eigenvalue weighted by Crippen LogP contribution is 2.50. The summed E-state index contributed by atoms with van der Waals surface area (Å²) >= 11 is 0. The molecular weight excluding hydrogens is 1150 g/mol. The Morgan fingerprint density at radius 2 is 0.691 bits per heavy atom. The average molecular weight is 1230 g/mol.